The molecule has 2 aromatic rings. The first-order valence-corrected chi connectivity index (χ1v) is 18.0. The van der Waals surface area contributed by atoms with Gasteiger partial charge in [0.1, 0.15) is 17.4 Å². The van der Waals surface area contributed by atoms with Crippen LogP contribution < -0.4 is 14.5 Å². The van der Waals surface area contributed by atoms with Crippen LogP contribution in [0.3, 0.4) is 0 Å². The number of fused-ring (bicyclic) bond motifs is 1. The lowest BCUT2D eigenvalue weighted by molar-refractivity contribution is -0.140. The first-order chi connectivity index (χ1) is 23.1. The zero-order valence-electron chi connectivity index (χ0n) is 27.7. The average Bonchev–Trinajstić information content (AvgIpc) is 3.66. The number of likely N-dealkylation sites (tertiary alicyclic amines) is 1. The third kappa shape index (κ3) is 6.56. The number of nitrogens with zero attached hydrogens (tertiary/aromatic N) is 3. The Balaban J connectivity index is 1.56. The molecule has 9 nitrogen and oxygen atoms in total. The van der Waals surface area contributed by atoms with Crippen LogP contribution in [0.25, 0.3) is 0 Å². The summed E-state index contributed by atoms with van der Waals surface area (Å²) in [5.74, 6) is -1.82. The highest BCUT2D eigenvalue weighted by Crippen LogP contribution is 2.60. The number of anilines is 2. The molecule has 0 aliphatic carbocycles. The molecule has 3 aliphatic heterocycles. The fourth-order valence-corrected chi connectivity index (χ4v) is 9.00. The number of hydrogen-bond donors (Lipinski definition) is 1. The number of carbonyl (C=O) groups excluding carboxylic acids is 3. The number of unbranched alkanes of at least 4 members (excludes halogenated alkanes) is 3. The van der Waals surface area contributed by atoms with Crippen LogP contribution in [0.15, 0.2) is 67.8 Å². The van der Waals surface area contributed by atoms with Gasteiger partial charge >= 0.3 is 0 Å². The highest BCUT2D eigenvalue weighted by atomic mass is 79.9. The summed E-state index contributed by atoms with van der Waals surface area (Å²) in [4.78, 5) is 48.9. The van der Waals surface area contributed by atoms with Crippen LogP contribution in [0, 0.1) is 18.8 Å². The highest BCUT2D eigenvalue weighted by molar-refractivity contribution is 9.09. The number of rotatable bonds is 16. The lowest BCUT2D eigenvalue weighted by Crippen LogP contribution is -2.57. The van der Waals surface area contributed by atoms with E-state index in [1.807, 2.05) is 50.2 Å². The third-order valence-corrected chi connectivity index (χ3v) is 10.8. The van der Waals surface area contributed by atoms with Crippen LogP contribution in [0.1, 0.15) is 44.6 Å². The second kappa shape index (κ2) is 15.6. The van der Waals surface area contributed by atoms with Crippen molar-refractivity contribution in [2.24, 2.45) is 11.8 Å². The Hall–Kier alpha value is -3.18. The molecule has 0 radical (unpaired) electrons. The standard InChI is InChI=1S/C37H45BrClN3O6/c1-5-19-40(25-15-17-26(18-16-25)47-7-3)34(44)29-30-35(45)42(21-10-8-9-11-22-43)33(37(30)23-27(38)32(29)48-37)36(46)41(20-6-2)31-24(4)13-12-14-28(31)39/h5-6,12-18,27,29-30,32-33,43H,1-2,7-11,19-23H2,3-4H3/t27?,29-,30-,32-,33?,37?/m0/s1. The maximum absolute atomic E-state index is 15.0. The van der Waals surface area contributed by atoms with E-state index < -0.39 is 29.6 Å². The number of benzene rings is 2. The van der Waals surface area contributed by atoms with Gasteiger partial charge in [0.05, 0.1) is 35.3 Å². The van der Waals surface area contributed by atoms with Crippen molar-refractivity contribution >= 4 is 56.6 Å². The van der Waals surface area contributed by atoms with E-state index in [2.05, 4.69) is 29.1 Å². The van der Waals surface area contributed by atoms with Crippen LogP contribution >= 0.6 is 27.5 Å². The summed E-state index contributed by atoms with van der Waals surface area (Å²) < 4.78 is 12.4. The Morgan fingerprint density at radius 2 is 1.77 bits per heavy atom. The van der Waals surface area contributed by atoms with Crippen LogP contribution in [-0.4, -0.2) is 83.2 Å². The number of aryl methyl sites for hydroxylation is 1. The van der Waals surface area contributed by atoms with Gasteiger partial charge in [-0.1, -0.05) is 64.7 Å². The van der Waals surface area contributed by atoms with E-state index in [1.165, 1.54) is 0 Å². The number of aliphatic hydroxyl groups excluding tert-OH is 1. The van der Waals surface area contributed by atoms with Crippen molar-refractivity contribution < 1.29 is 29.0 Å². The summed E-state index contributed by atoms with van der Waals surface area (Å²) in [5, 5.41) is 9.70. The molecule has 3 saturated heterocycles. The Labute approximate surface area is 296 Å². The van der Waals surface area contributed by atoms with Crippen molar-refractivity contribution in [3.63, 3.8) is 0 Å². The zero-order chi connectivity index (χ0) is 34.6. The summed E-state index contributed by atoms with van der Waals surface area (Å²) in [6.07, 6.45) is 5.96. The first-order valence-electron chi connectivity index (χ1n) is 16.7. The molecule has 3 heterocycles. The minimum atomic E-state index is -1.23. The van der Waals surface area contributed by atoms with Gasteiger partial charge in [-0.2, -0.15) is 0 Å². The number of para-hydroxylation sites is 1. The third-order valence-electron chi connectivity index (χ3n) is 9.69. The predicted octanol–water partition coefficient (Wildman–Crippen LogP) is 6.09. The molecular weight excluding hydrogens is 698 g/mol. The van der Waals surface area contributed by atoms with E-state index >= 15 is 0 Å². The topological polar surface area (TPSA) is 99.6 Å². The lowest BCUT2D eigenvalue weighted by atomic mass is 9.70. The normalized spacial score (nSPS) is 25.6. The molecule has 1 spiro atoms. The van der Waals surface area contributed by atoms with Crippen molar-refractivity contribution in [1.29, 1.82) is 0 Å². The molecule has 3 amide bonds. The van der Waals surface area contributed by atoms with Gasteiger partial charge in [0.25, 0.3) is 5.91 Å². The lowest BCUT2D eigenvalue weighted by Gasteiger charge is -2.38. The SMILES string of the molecule is C=CCN(C(=O)[C@H]1[C@H]2C(=O)N(CCCCCCO)C(C(=O)N(CC=C)c3c(C)cccc3Cl)C23CC(Br)[C@@H]1O3)c1ccc(OCC)cc1. The smallest absolute Gasteiger partial charge is 0.253 e. The monoisotopic (exact) mass is 741 g/mol. The quantitative estimate of drug-likeness (QED) is 0.127. The second-order valence-electron chi connectivity index (χ2n) is 12.6. The fraction of sp³-hybridized carbons (Fsp3) is 0.486. The van der Waals surface area contributed by atoms with Gasteiger partial charge in [0, 0.05) is 36.8 Å². The summed E-state index contributed by atoms with van der Waals surface area (Å²) in [5.41, 5.74) is 0.787. The van der Waals surface area contributed by atoms with Crippen molar-refractivity contribution in [1.82, 2.24) is 4.90 Å². The molecule has 11 heteroatoms. The van der Waals surface area contributed by atoms with E-state index in [-0.39, 0.29) is 42.2 Å². The number of alkyl halides is 1. The van der Waals surface area contributed by atoms with Crippen molar-refractivity contribution in [3.05, 3.63) is 78.4 Å². The van der Waals surface area contributed by atoms with E-state index in [0.717, 1.165) is 18.4 Å². The fourth-order valence-electron chi connectivity index (χ4n) is 7.73. The van der Waals surface area contributed by atoms with Gasteiger partial charge in [-0.05, 0) is 69.0 Å². The molecule has 2 aromatic carbocycles. The van der Waals surface area contributed by atoms with Crippen molar-refractivity contribution in [2.45, 2.75) is 68.5 Å². The number of ether oxygens (including phenoxy) is 2. The summed E-state index contributed by atoms with van der Waals surface area (Å²) in [6.45, 7) is 12.9. The summed E-state index contributed by atoms with van der Waals surface area (Å²) in [6, 6.07) is 11.7. The Kier molecular flexibility index (Phi) is 11.7. The molecule has 5 rings (SSSR count). The van der Waals surface area contributed by atoms with E-state index in [1.54, 1.807) is 32.9 Å². The molecule has 3 fully saturated rings. The van der Waals surface area contributed by atoms with Gasteiger partial charge in [-0.25, -0.2) is 0 Å². The molecule has 6 atom stereocenters. The molecular formula is C37H45BrClN3O6. The highest BCUT2D eigenvalue weighted by Gasteiger charge is 2.77. The minimum Gasteiger partial charge on any atom is -0.494 e. The molecule has 0 aromatic heterocycles. The Bertz CT molecular complexity index is 1500. The van der Waals surface area contributed by atoms with Gasteiger partial charge in [-0.3, -0.25) is 14.4 Å². The van der Waals surface area contributed by atoms with Crippen LogP contribution in [0.5, 0.6) is 5.75 Å². The number of aliphatic hydroxyl groups is 1. The van der Waals surface area contributed by atoms with Gasteiger partial charge in [0.2, 0.25) is 11.8 Å². The number of hydrogen-bond acceptors (Lipinski definition) is 6. The van der Waals surface area contributed by atoms with Crippen LogP contribution in [0.4, 0.5) is 11.4 Å². The van der Waals surface area contributed by atoms with E-state index in [4.69, 9.17) is 21.1 Å². The molecule has 2 bridgehead atoms. The average molecular weight is 743 g/mol. The van der Waals surface area contributed by atoms with Crippen molar-refractivity contribution in [3.8, 4) is 5.75 Å². The maximum Gasteiger partial charge on any atom is 0.253 e. The second-order valence-corrected chi connectivity index (χ2v) is 14.2. The van der Waals surface area contributed by atoms with Gasteiger partial charge in [-0.15, -0.1) is 13.2 Å². The molecule has 0 saturated carbocycles. The molecule has 1 N–H and O–H groups in total. The largest absolute Gasteiger partial charge is 0.494 e. The van der Waals surface area contributed by atoms with E-state index in [0.29, 0.717) is 54.6 Å². The number of halogens is 2. The van der Waals surface area contributed by atoms with Crippen LogP contribution in [0.2, 0.25) is 5.02 Å². The summed E-state index contributed by atoms with van der Waals surface area (Å²) >= 11 is 10.5. The molecule has 3 unspecified atom stereocenters. The van der Waals surface area contributed by atoms with Gasteiger partial charge < -0.3 is 29.3 Å². The molecule has 48 heavy (non-hydrogen) atoms. The minimum absolute atomic E-state index is 0.101. The van der Waals surface area contributed by atoms with Gasteiger partial charge in [0.15, 0.2) is 0 Å². The Morgan fingerprint density at radius 3 is 2.42 bits per heavy atom. The molecule has 258 valence electrons. The van der Waals surface area contributed by atoms with Crippen LogP contribution in [-0.2, 0) is 19.1 Å². The molecule has 3 aliphatic rings. The number of amides is 3. The first kappa shape index (κ1) is 36.1. The maximum atomic E-state index is 15.0. The summed E-state index contributed by atoms with van der Waals surface area (Å²) in [7, 11) is 0. The zero-order valence-corrected chi connectivity index (χ0v) is 30.0. The number of carbonyl (C=O) groups is 3. The Morgan fingerprint density at radius 1 is 1.08 bits per heavy atom. The predicted molar refractivity (Wildman–Crippen MR) is 192 cm³/mol. The van der Waals surface area contributed by atoms with Crippen molar-refractivity contribution in [2.75, 3.05) is 42.6 Å². The van der Waals surface area contributed by atoms with E-state index in [9.17, 15) is 19.5 Å².